The van der Waals surface area contributed by atoms with Crippen molar-refractivity contribution in [1.82, 2.24) is 0 Å². The molecular weight excluding hydrogens is 416 g/mol. The minimum Gasteiger partial charge on any atom is -0.215 e. The van der Waals surface area contributed by atoms with Crippen LogP contribution in [0.4, 0.5) is 0 Å². The van der Waals surface area contributed by atoms with E-state index in [4.69, 9.17) is 9.78 Å². The van der Waals surface area contributed by atoms with E-state index in [9.17, 15) is 8.42 Å². The van der Waals surface area contributed by atoms with E-state index < -0.39 is 10.4 Å². The van der Waals surface area contributed by atoms with Crippen molar-refractivity contribution in [2.75, 3.05) is 0 Å². The van der Waals surface area contributed by atoms with E-state index in [0.717, 1.165) is 38.5 Å². The maximum absolute atomic E-state index is 11.7. The molecule has 0 fully saturated rings. The third kappa shape index (κ3) is 22.8. The quantitative estimate of drug-likeness (QED) is 0.0816. The van der Waals surface area contributed by atoms with Gasteiger partial charge in [0, 0.05) is 0 Å². The van der Waals surface area contributed by atoms with Gasteiger partial charge in [-0.1, -0.05) is 125 Å². The van der Waals surface area contributed by atoms with Crippen LogP contribution in [-0.2, 0) is 28.8 Å². The summed E-state index contributed by atoms with van der Waals surface area (Å²) in [5, 5.41) is 0. The molecule has 0 aromatic heterocycles. The van der Waals surface area contributed by atoms with Gasteiger partial charge in [-0.15, -0.1) is 0 Å². The molecule has 0 aliphatic carbocycles. The van der Waals surface area contributed by atoms with Gasteiger partial charge in [-0.3, -0.25) is 0 Å². The molecule has 6 nitrogen and oxygen atoms in total. The van der Waals surface area contributed by atoms with Crippen LogP contribution in [0.3, 0.4) is 0 Å². The van der Waals surface area contributed by atoms with Crippen LogP contribution in [0.5, 0.6) is 0 Å². The molecule has 0 aromatic rings. The maximum Gasteiger partial charge on any atom is 0.453 e. The van der Waals surface area contributed by atoms with Crippen LogP contribution in [0, 0.1) is 0 Å². The molecule has 188 valence electrons. The Hall–Kier alpha value is -0.210. The van der Waals surface area contributed by atoms with Gasteiger partial charge in [0.25, 0.3) is 0 Å². The number of rotatable bonds is 24. The summed E-state index contributed by atoms with van der Waals surface area (Å²) >= 11 is 0. The monoisotopic (exact) mass is 466 g/mol. The Bertz CT molecular complexity index is 433. The van der Waals surface area contributed by atoms with Gasteiger partial charge in [0.1, 0.15) is 0 Å². The van der Waals surface area contributed by atoms with Crippen LogP contribution in [-0.4, -0.2) is 20.6 Å². The highest BCUT2D eigenvalue weighted by atomic mass is 32.3. The van der Waals surface area contributed by atoms with Crippen molar-refractivity contribution in [3.05, 3.63) is 0 Å². The van der Waals surface area contributed by atoms with Gasteiger partial charge < -0.3 is 0 Å². The molecule has 0 spiro atoms. The SMILES string of the molecule is CCCCCCCCCCC(C)OOS(=O)(=O)OOC(C)CCCCCCCCCC. The fourth-order valence-electron chi connectivity index (χ4n) is 3.47. The Kier molecular flexibility index (Phi) is 21.5. The van der Waals surface area contributed by atoms with Crippen LogP contribution in [0.15, 0.2) is 0 Å². The standard InChI is InChI=1S/C24H50O6S/c1-5-7-9-11-13-15-17-19-21-23(3)27-29-31(25,26)30-28-24(4)22-20-18-16-14-12-10-8-6-2/h23-24H,5-22H2,1-4H3. The molecule has 7 heteroatoms. The number of hydrogen-bond acceptors (Lipinski definition) is 6. The smallest absolute Gasteiger partial charge is 0.215 e. The molecule has 0 N–H and O–H groups in total. The van der Waals surface area contributed by atoms with Crippen LogP contribution in [0.1, 0.15) is 143 Å². The first-order valence-electron chi connectivity index (χ1n) is 12.9. The summed E-state index contributed by atoms with van der Waals surface area (Å²) in [5.41, 5.74) is 0. The molecule has 0 bridgehead atoms. The second kappa shape index (κ2) is 21.6. The zero-order valence-corrected chi connectivity index (χ0v) is 21.6. The van der Waals surface area contributed by atoms with Crippen LogP contribution in [0.2, 0.25) is 0 Å². The average molecular weight is 467 g/mol. The van der Waals surface area contributed by atoms with Gasteiger partial charge in [0.2, 0.25) is 0 Å². The summed E-state index contributed by atoms with van der Waals surface area (Å²) in [6, 6.07) is 0. The zero-order valence-electron chi connectivity index (χ0n) is 20.7. The summed E-state index contributed by atoms with van der Waals surface area (Å²) in [4.78, 5) is 9.92. The van der Waals surface area contributed by atoms with E-state index in [2.05, 4.69) is 22.5 Å². The molecule has 0 radical (unpaired) electrons. The van der Waals surface area contributed by atoms with Crippen molar-refractivity contribution in [3.8, 4) is 0 Å². The minimum absolute atomic E-state index is 0.312. The molecule has 0 rings (SSSR count). The lowest BCUT2D eigenvalue weighted by atomic mass is 10.1. The van der Waals surface area contributed by atoms with E-state index in [1.807, 2.05) is 0 Å². The third-order valence-electron chi connectivity index (χ3n) is 5.50. The van der Waals surface area contributed by atoms with Gasteiger partial charge in [0.15, 0.2) is 0 Å². The normalized spacial score (nSPS) is 14.1. The highest BCUT2D eigenvalue weighted by Crippen LogP contribution is 2.15. The van der Waals surface area contributed by atoms with Gasteiger partial charge in [0.05, 0.1) is 12.2 Å². The molecule has 0 heterocycles. The second-order valence-electron chi connectivity index (χ2n) is 8.89. The highest BCUT2D eigenvalue weighted by Gasteiger charge is 2.19. The fraction of sp³-hybridized carbons (Fsp3) is 1.00. The van der Waals surface area contributed by atoms with Crippen LogP contribution >= 0.6 is 0 Å². The van der Waals surface area contributed by atoms with Gasteiger partial charge in [-0.25, -0.2) is 9.78 Å². The van der Waals surface area contributed by atoms with Gasteiger partial charge in [-0.2, -0.15) is 8.42 Å². The predicted molar refractivity (Wildman–Crippen MR) is 127 cm³/mol. The number of unbranched alkanes of at least 4 members (excludes halogenated alkanes) is 14. The molecule has 0 saturated carbocycles. The molecule has 0 aliphatic heterocycles. The van der Waals surface area contributed by atoms with Crippen molar-refractivity contribution in [3.63, 3.8) is 0 Å². The van der Waals surface area contributed by atoms with E-state index in [1.165, 1.54) is 77.0 Å². The molecule has 0 amide bonds. The van der Waals surface area contributed by atoms with Gasteiger partial charge in [-0.05, 0) is 26.7 Å². The number of hydrogen-bond donors (Lipinski definition) is 0. The largest absolute Gasteiger partial charge is 0.453 e. The summed E-state index contributed by atoms with van der Waals surface area (Å²) < 4.78 is 32.5. The fourth-order valence-corrected chi connectivity index (χ4v) is 3.95. The Morgan fingerprint density at radius 3 is 1.13 bits per heavy atom. The van der Waals surface area contributed by atoms with E-state index in [0.29, 0.717) is 0 Å². The lowest BCUT2D eigenvalue weighted by molar-refractivity contribution is -0.289. The Morgan fingerprint density at radius 1 is 0.516 bits per heavy atom. The Labute approximate surface area is 192 Å². The van der Waals surface area contributed by atoms with Crippen molar-refractivity contribution >= 4 is 10.4 Å². The highest BCUT2D eigenvalue weighted by molar-refractivity contribution is 7.81. The van der Waals surface area contributed by atoms with Crippen LogP contribution in [0.25, 0.3) is 0 Å². The summed E-state index contributed by atoms with van der Waals surface area (Å²) in [7, 11) is -4.31. The van der Waals surface area contributed by atoms with Gasteiger partial charge >= 0.3 is 10.4 Å². The molecular formula is C24H50O6S. The molecule has 2 unspecified atom stereocenters. The Balaban J connectivity index is 3.65. The third-order valence-corrected chi connectivity index (χ3v) is 5.99. The summed E-state index contributed by atoms with van der Waals surface area (Å²) in [5.74, 6) is 0. The Morgan fingerprint density at radius 2 is 0.806 bits per heavy atom. The van der Waals surface area contributed by atoms with E-state index in [1.54, 1.807) is 13.8 Å². The zero-order chi connectivity index (χ0) is 23.2. The molecule has 0 saturated heterocycles. The van der Waals surface area contributed by atoms with Crippen molar-refractivity contribution in [2.24, 2.45) is 0 Å². The first-order chi connectivity index (χ1) is 14.9. The van der Waals surface area contributed by atoms with Crippen LogP contribution < -0.4 is 0 Å². The summed E-state index contributed by atoms with van der Waals surface area (Å²) in [6.45, 7) is 8.03. The lowest BCUT2D eigenvalue weighted by Crippen LogP contribution is -2.19. The molecule has 0 aliphatic rings. The van der Waals surface area contributed by atoms with Crippen molar-refractivity contribution < 1.29 is 26.9 Å². The predicted octanol–water partition coefficient (Wildman–Crippen LogP) is 7.97. The lowest BCUT2D eigenvalue weighted by Gasteiger charge is -2.13. The minimum atomic E-state index is -4.31. The first-order valence-corrected chi connectivity index (χ1v) is 14.2. The van der Waals surface area contributed by atoms with E-state index >= 15 is 0 Å². The average Bonchev–Trinajstić information content (AvgIpc) is 2.75. The first kappa shape index (κ1) is 30.8. The van der Waals surface area contributed by atoms with E-state index in [-0.39, 0.29) is 12.2 Å². The van der Waals surface area contributed by atoms with Crippen molar-refractivity contribution in [2.45, 2.75) is 155 Å². The maximum atomic E-state index is 11.7. The van der Waals surface area contributed by atoms with Crippen molar-refractivity contribution in [1.29, 1.82) is 0 Å². The molecule has 31 heavy (non-hydrogen) atoms. The molecule has 0 aromatic carbocycles. The summed E-state index contributed by atoms with van der Waals surface area (Å²) in [6.07, 6.45) is 20.5. The second-order valence-corrected chi connectivity index (χ2v) is 9.97. The molecule has 2 atom stereocenters. The topological polar surface area (TPSA) is 71.1 Å².